The summed E-state index contributed by atoms with van der Waals surface area (Å²) in [6.45, 7) is 3.54. The standard InChI is InChI=1S/C16H17FN2O3S/c1-11-3-6-14(7-4-11)23(21,22)19-16(20)18-10-13-5-8-15(17)12(2)9-13/h3-9H,10H2,1-2H3,(H2,18,19,20). The molecule has 0 aliphatic carbocycles. The van der Waals surface area contributed by atoms with Crippen LogP contribution in [0.3, 0.4) is 0 Å². The van der Waals surface area contributed by atoms with Gasteiger partial charge < -0.3 is 5.32 Å². The van der Waals surface area contributed by atoms with Gasteiger partial charge in [0.2, 0.25) is 0 Å². The van der Waals surface area contributed by atoms with Crippen LogP contribution in [0.25, 0.3) is 0 Å². The van der Waals surface area contributed by atoms with Crippen LogP contribution in [-0.4, -0.2) is 14.4 Å². The molecule has 0 saturated carbocycles. The molecule has 122 valence electrons. The van der Waals surface area contributed by atoms with E-state index in [9.17, 15) is 17.6 Å². The van der Waals surface area contributed by atoms with Gasteiger partial charge in [-0.3, -0.25) is 0 Å². The maximum Gasteiger partial charge on any atom is 0.328 e. The minimum atomic E-state index is -3.92. The molecule has 2 aromatic carbocycles. The quantitative estimate of drug-likeness (QED) is 0.901. The molecule has 0 unspecified atom stereocenters. The highest BCUT2D eigenvalue weighted by atomic mass is 32.2. The lowest BCUT2D eigenvalue weighted by molar-refractivity contribution is 0.245. The van der Waals surface area contributed by atoms with Crippen molar-refractivity contribution in [3.63, 3.8) is 0 Å². The van der Waals surface area contributed by atoms with Crippen molar-refractivity contribution in [1.82, 2.24) is 10.0 Å². The van der Waals surface area contributed by atoms with Crippen molar-refractivity contribution in [3.8, 4) is 0 Å². The van der Waals surface area contributed by atoms with E-state index < -0.39 is 16.1 Å². The Bertz CT molecular complexity index is 818. The first-order chi connectivity index (χ1) is 10.8. The van der Waals surface area contributed by atoms with Gasteiger partial charge in [0.05, 0.1) is 4.90 Å². The van der Waals surface area contributed by atoms with Crippen LogP contribution in [0.5, 0.6) is 0 Å². The van der Waals surface area contributed by atoms with E-state index in [4.69, 9.17) is 0 Å². The molecular weight excluding hydrogens is 319 g/mol. The van der Waals surface area contributed by atoms with E-state index in [-0.39, 0.29) is 17.3 Å². The van der Waals surface area contributed by atoms with E-state index in [0.717, 1.165) is 5.56 Å². The van der Waals surface area contributed by atoms with Crippen LogP contribution in [0.1, 0.15) is 16.7 Å². The van der Waals surface area contributed by atoms with Crippen molar-refractivity contribution >= 4 is 16.1 Å². The number of aryl methyl sites for hydroxylation is 2. The van der Waals surface area contributed by atoms with Gasteiger partial charge >= 0.3 is 6.03 Å². The summed E-state index contributed by atoms with van der Waals surface area (Å²) in [6, 6.07) is 9.71. The van der Waals surface area contributed by atoms with Gasteiger partial charge in [-0.15, -0.1) is 0 Å². The number of sulfonamides is 1. The summed E-state index contributed by atoms with van der Waals surface area (Å²) in [5.41, 5.74) is 2.05. The lowest BCUT2D eigenvalue weighted by Gasteiger charge is -2.09. The Hall–Kier alpha value is -2.41. The molecule has 7 heteroatoms. The molecular formula is C16H17FN2O3S. The maximum absolute atomic E-state index is 13.2. The molecule has 0 radical (unpaired) electrons. The van der Waals surface area contributed by atoms with Crippen LogP contribution < -0.4 is 10.0 Å². The molecule has 0 atom stereocenters. The van der Waals surface area contributed by atoms with Crippen LogP contribution in [0, 0.1) is 19.7 Å². The molecule has 2 amide bonds. The highest BCUT2D eigenvalue weighted by molar-refractivity contribution is 7.90. The number of rotatable bonds is 4. The van der Waals surface area contributed by atoms with Gasteiger partial charge in [-0.25, -0.2) is 22.3 Å². The van der Waals surface area contributed by atoms with Gasteiger partial charge in [-0.1, -0.05) is 29.8 Å². The summed E-state index contributed by atoms with van der Waals surface area (Å²) in [4.78, 5) is 11.8. The summed E-state index contributed by atoms with van der Waals surface area (Å²) in [7, 11) is -3.92. The van der Waals surface area contributed by atoms with E-state index >= 15 is 0 Å². The van der Waals surface area contributed by atoms with Crippen molar-refractivity contribution in [1.29, 1.82) is 0 Å². The Morgan fingerprint density at radius 1 is 1.09 bits per heavy atom. The highest BCUT2D eigenvalue weighted by Crippen LogP contribution is 2.10. The number of amides is 2. The summed E-state index contributed by atoms with van der Waals surface area (Å²) in [6.07, 6.45) is 0. The molecule has 23 heavy (non-hydrogen) atoms. The number of hydrogen-bond donors (Lipinski definition) is 2. The molecule has 0 aliphatic heterocycles. The van der Waals surface area contributed by atoms with Crippen molar-refractivity contribution in [3.05, 3.63) is 65.0 Å². The van der Waals surface area contributed by atoms with E-state index in [2.05, 4.69) is 5.32 Å². The second-order valence-corrected chi connectivity index (χ2v) is 6.87. The zero-order valence-electron chi connectivity index (χ0n) is 12.8. The minimum Gasteiger partial charge on any atom is -0.333 e. The zero-order chi connectivity index (χ0) is 17.0. The van der Waals surface area contributed by atoms with E-state index in [1.165, 1.54) is 24.3 Å². The molecule has 0 aliphatic rings. The first kappa shape index (κ1) is 17.0. The third-order valence-corrected chi connectivity index (χ3v) is 4.58. The molecule has 0 spiro atoms. The monoisotopic (exact) mass is 336 g/mol. The predicted molar refractivity (Wildman–Crippen MR) is 84.9 cm³/mol. The summed E-state index contributed by atoms with van der Waals surface area (Å²) in [5.74, 6) is -0.333. The van der Waals surface area contributed by atoms with E-state index in [1.54, 1.807) is 25.1 Å². The van der Waals surface area contributed by atoms with Crippen molar-refractivity contribution in [2.75, 3.05) is 0 Å². The van der Waals surface area contributed by atoms with Gasteiger partial charge in [0.15, 0.2) is 0 Å². The summed E-state index contributed by atoms with van der Waals surface area (Å²) in [5, 5.41) is 2.43. The molecule has 0 bridgehead atoms. The largest absolute Gasteiger partial charge is 0.333 e. The molecule has 2 rings (SSSR count). The lowest BCUT2D eigenvalue weighted by Crippen LogP contribution is -2.39. The molecule has 0 aromatic heterocycles. The third-order valence-electron chi connectivity index (χ3n) is 3.23. The Balaban J connectivity index is 1.98. The summed E-state index contributed by atoms with van der Waals surface area (Å²) >= 11 is 0. The second-order valence-electron chi connectivity index (χ2n) is 5.18. The number of urea groups is 1. The van der Waals surface area contributed by atoms with Crippen LogP contribution in [0.2, 0.25) is 0 Å². The molecule has 2 N–H and O–H groups in total. The fourth-order valence-electron chi connectivity index (χ4n) is 1.93. The van der Waals surface area contributed by atoms with Gasteiger partial charge in [-0.2, -0.15) is 0 Å². The highest BCUT2D eigenvalue weighted by Gasteiger charge is 2.17. The topological polar surface area (TPSA) is 75.3 Å². The molecule has 0 heterocycles. The molecule has 0 saturated heterocycles. The minimum absolute atomic E-state index is 0.0101. The van der Waals surface area contributed by atoms with Crippen molar-refractivity contribution < 1.29 is 17.6 Å². The number of carbonyl (C=O) groups excluding carboxylic acids is 1. The van der Waals surface area contributed by atoms with E-state index in [1.807, 2.05) is 11.6 Å². The smallest absolute Gasteiger partial charge is 0.328 e. The Kier molecular flexibility index (Phi) is 5.00. The fraction of sp³-hybridized carbons (Fsp3) is 0.188. The molecule has 5 nitrogen and oxygen atoms in total. The van der Waals surface area contributed by atoms with Crippen LogP contribution in [0.4, 0.5) is 9.18 Å². The number of halogens is 1. The zero-order valence-corrected chi connectivity index (χ0v) is 13.6. The molecule has 2 aromatic rings. The van der Waals surface area contributed by atoms with Crippen LogP contribution in [0.15, 0.2) is 47.4 Å². The fourth-order valence-corrected chi connectivity index (χ4v) is 2.86. The van der Waals surface area contributed by atoms with Crippen molar-refractivity contribution in [2.45, 2.75) is 25.3 Å². The first-order valence-electron chi connectivity index (χ1n) is 6.90. The van der Waals surface area contributed by atoms with Gasteiger partial charge in [-0.05, 0) is 43.2 Å². The normalized spacial score (nSPS) is 11.1. The van der Waals surface area contributed by atoms with Crippen LogP contribution in [-0.2, 0) is 16.6 Å². The summed E-state index contributed by atoms with van der Waals surface area (Å²) < 4.78 is 39.2. The predicted octanol–water partition coefficient (Wildman–Crippen LogP) is 2.63. The lowest BCUT2D eigenvalue weighted by atomic mass is 10.1. The van der Waals surface area contributed by atoms with Gasteiger partial charge in [0, 0.05) is 6.54 Å². The third kappa shape index (κ3) is 4.53. The van der Waals surface area contributed by atoms with Crippen LogP contribution >= 0.6 is 0 Å². The number of nitrogens with one attached hydrogen (secondary N) is 2. The number of benzene rings is 2. The average Bonchev–Trinajstić information content (AvgIpc) is 2.48. The number of carbonyl (C=O) groups is 1. The van der Waals surface area contributed by atoms with Gasteiger partial charge in [0.25, 0.3) is 10.0 Å². The van der Waals surface area contributed by atoms with Gasteiger partial charge in [0.1, 0.15) is 5.82 Å². The SMILES string of the molecule is Cc1ccc(S(=O)(=O)NC(=O)NCc2ccc(F)c(C)c2)cc1. The number of hydrogen-bond acceptors (Lipinski definition) is 3. The second kappa shape index (κ2) is 6.78. The van der Waals surface area contributed by atoms with Crippen molar-refractivity contribution in [2.24, 2.45) is 0 Å². The first-order valence-corrected chi connectivity index (χ1v) is 8.38. The average molecular weight is 336 g/mol. The van der Waals surface area contributed by atoms with E-state index in [0.29, 0.717) is 11.1 Å². The molecule has 0 fully saturated rings. The Morgan fingerprint density at radius 3 is 2.35 bits per heavy atom. The Labute approximate surface area is 134 Å². The maximum atomic E-state index is 13.2. The Morgan fingerprint density at radius 2 is 1.74 bits per heavy atom.